The zero-order chi connectivity index (χ0) is 23.4. The van der Waals surface area contributed by atoms with Crippen LogP contribution in [0, 0.1) is 11.3 Å². The first-order valence-corrected chi connectivity index (χ1v) is 13.3. The first-order valence-electron chi connectivity index (χ1n) is 11.5. The average molecular weight is 481 g/mol. The lowest BCUT2D eigenvalue weighted by atomic mass is 10.1. The molecule has 1 N–H and O–H groups in total. The van der Waals surface area contributed by atoms with E-state index in [0.29, 0.717) is 17.3 Å². The largest absolute Gasteiger partial charge is 0.325 e. The number of nitrogens with zero attached hydrogens (tertiary/aromatic N) is 3. The number of carbonyl (C=O) groups excluding carboxylic acids is 1. The van der Waals surface area contributed by atoms with Crippen molar-refractivity contribution in [1.29, 1.82) is 5.26 Å². The molecule has 1 unspecified atom stereocenters. The molecule has 1 aliphatic carbocycles. The van der Waals surface area contributed by atoms with Gasteiger partial charge in [0.1, 0.15) is 4.83 Å². The van der Waals surface area contributed by atoms with Gasteiger partial charge in [-0.1, -0.05) is 37.2 Å². The Hall–Kier alpha value is -2.63. The van der Waals surface area contributed by atoms with Gasteiger partial charge in [-0.05, 0) is 62.3 Å². The summed E-state index contributed by atoms with van der Waals surface area (Å²) in [7, 11) is 0. The van der Waals surface area contributed by atoms with E-state index in [-0.39, 0.29) is 23.3 Å². The molecule has 0 bridgehead atoms. The fraction of sp³-hybridized carbons (Fsp3) is 0.440. The normalized spacial score (nSPS) is 14.3. The summed E-state index contributed by atoms with van der Waals surface area (Å²) in [5.74, 6) is 0.0134. The number of thiophene rings is 1. The lowest BCUT2D eigenvalue weighted by molar-refractivity contribution is -0.113. The van der Waals surface area contributed by atoms with Crippen LogP contribution in [0.2, 0.25) is 0 Å². The van der Waals surface area contributed by atoms with Gasteiger partial charge in [0.2, 0.25) is 5.91 Å². The summed E-state index contributed by atoms with van der Waals surface area (Å²) >= 11 is 2.96. The Balaban J connectivity index is 1.58. The molecule has 3 aromatic rings. The Kier molecular flexibility index (Phi) is 7.51. The highest BCUT2D eigenvalue weighted by Gasteiger charge is 2.23. The molecule has 33 heavy (non-hydrogen) atoms. The van der Waals surface area contributed by atoms with Crippen LogP contribution in [-0.2, 0) is 24.1 Å². The Bertz CT molecular complexity index is 1250. The second-order valence-electron chi connectivity index (χ2n) is 8.44. The molecule has 8 heteroatoms. The second kappa shape index (κ2) is 10.5. The molecule has 2 heterocycles. The van der Waals surface area contributed by atoms with Gasteiger partial charge < -0.3 is 5.32 Å². The van der Waals surface area contributed by atoms with Crippen molar-refractivity contribution in [1.82, 2.24) is 9.55 Å². The Morgan fingerprint density at radius 1 is 1.27 bits per heavy atom. The van der Waals surface area contributed by atoms with Crippen LogP contribution >= 0.6 is 23.1 Å². The van der Waals surface area contributed by atoms with Crippen LogP contribution in [0.4, 0.5) is 5.69 Å². The number of anilines is 1. The highest BCUT2D eigenvalue weighted by Crippen LogP contribution is 2.34. The van der Waals surface area contributed by atoms with E-state index in [9.17, 15) is 9.59 Å². The molecule has 0 spiro atoms. The van der Waals surface area contributed by atoms with Crippen molar-refractivity contribution >= 4 is 44.9 Å². The highest BCUT2D eigenvalue weighted by molar-refractivity contribution is 7.99. The van der Waals surface area contributed by atoms with Crippen LogP contribution in [0.5, 0.6) is 0 Å². The second-order valence-corrected chi connectivity index (χ2v) is 10.5. The number of carbonyl (C=O) groups is 1. The van der Waals surface area contributed by atoms with E-state index in [1.165, 1.54) is 35.0 Å². The standard InChI is InChI=1S/C25H28N4O2S2/c1-3-16(2)29-24(31)22-19-7-5-4-6-8-20(19)33-23(22)28-25(29)32-15-21(30)27-18-11-9-17(10-12-18)13-14-26/h9-12,16H,3-8,13,15H2,1-2H3,(H,27,30). The predicted octanol–water partition coefficient (Wildman–Crippen LogP) is 5.49. The van der Waals surface area contributed by atoms with Gasteiger partial charge in [-0.3, -0.25) is 14.2 Å². The molecule has 6 nitrogen and oxygen atoms in total. The fourth-order valence-corrected chi connectivity index (χ4v) is 6.37. The van der Waals surface area contributed by atoms with Crippen molar-refractivity contribution in [3.05, 3.63) is 50.6 Å². The average Bonchev–Trinajstić information content (AvgIpc) is 3.00. The lowest BCUT2D eigenvalue weighted by Gasteiger charge is -2.17. The van der Waals surface area contributed by atoms with Crippen molar-refractivity contribution in [2.45, 2.75) is 70.0 Å². The van der Waals surface area contributed by atoms with Crippen LogP contribution in [-0.4, -0.2) is 21.2 Å². The van der Waals surface area contributed by atoms with E-state index in [1.807, 2.05) is 19.1 Å². The van der Waals surface area contributed by atoms with E-state index in [1.54, 1.807) is 28.0 Å². The molecule has 1 amide bonds. The minimum atomic E-state index is -0.153. The first-order chi connectivity index (χ1) is 16.0. The van der Waals surface area contributed by atoms with E-state index < -0.39 is 0 Å². The van der Waals surface area contributed by atoms with Crippen molar-refractivity contribution in [3.8, 4) is 6.07 Å². The third-order valence-corrected chi connectivity index (χ3v) is 8.26. The van der Waals surface area contributed by atoms with Gasteiger partial charge in [0, 0.05) is 16.6 Å². The number of rotatable bonds is 7. The Morgan fingerprint density at radius 2 is 2.03 bits per heavy atom. The van der Waals surface area contributed by atoms with E-state index in [4.69, 9.17) is 10.2 Å². The summed E-state index contributed by atoms with van der Waals surface area (Å²) in [6, 6.07) is 9.39. The van der Waals surface area contributed by atoms with Gasteiger partial charge in [0.15, 0.2) is 5.16 Å². The molecule has 0 saturated heterocycles. The molecule has 1 aromatic carbocycles. The molecule has 2 aromatic heterocycles. The van der Waals surface area contributed by atoms with Crippen LogP contribution in [0.25, 0.3) is 10.2 Å². The predicted molar refractivity (Wildman–Crippen MR) is 135 cm³/mol. The zero-order valence-electron chi connectivity index (χ0n) is 19.0. The molecule has 172 valence electrons. The molecule has 0 saturated carbocycles. The van der Waals surface area contributed by atoms with Gasteiger partial charge >= 0.3 is 0 Å². The summed E-state index contributed by atoms with van der Waals surface area (Å²) in [6.07, 6.45) is 6.63. The molecule has 0 aliphatic heterocycles. The summed E-state index contributed by atoms with van der Waals surface area (Å²) in [6.45, 7) is 4.10. The number of aromatic nitrogens is 2. The third kappa shape index (κ3) is 5.15. The number of amides is 1. The number of thioether (sulfide) groups is 1. The van der Waals surface area contributed by atoms with Crippen LogP contribution in [0.3, 0.4) is 0 Å². The third-order valence-electron chi connectivity index (χ3n) is 6.12. The Morgan fingerprint density at radius 3 is 2.76 bits per heavy atom. The molecule has 0 radical (unpaired) electrons. The molecular weight excluding hydrogens is 452 g/mol. The molecule has 4 rings (SSSR count). The van der Waals surface area contributed by atoms with Crippen molar-refractivity contribution in [2.75, 3.05) is 11.1 Å². The summed E-state index contributed by atoms with van der Waals surface area (Å²) < 4.78 is 1.79. The maximum Gasteiger partial charge on any atom is 0.263 e. The summed E-state index contributed by atoms with van der Waals surface area (Å²) in [4.78, 5) is 33.2. The highest BCUT2D eigenvalue weighted by atomic mass is 32.2. The first kappa shape index (κ1) is 23.5. The number of aryl methyl sites for hydroxylation is 2. The number of fused-ring (bicyclic) bond motifs is 3. The van der Waals surface area contributed by atoms with Crippen molar-refractivity contribution in [3.63, 3.8) is 0 Å². The quantitative estimate of drug-likeness (QED) is 0.274. The summed E-state index contributed by atoms with van der Waals surface area (Å²) in [5.41, 5.74) is 2.84. The van der Waals surface area contributed by atoms with Crippen LogP contribution in [0.1, 0.15) is 61.6 Å². The lowest BCUT2D eigenvalue weighted by Crippen LogP contribution is -2.27. The zero-order valence-corrected chi connectivity index (χ0v) is 20.7. The minimum Gasteiger partial charge on any atom is -0.325 e. The van der Waals surface area contributed by atoms with E-state index in [0.717, 1.165) is 41.5 Å². The van der Waals surface area contributed by atoms with E-state index in [2.05, 4.69) is 18.3 Å². The number of nitriles is 1. The number of nitrogens with one attached hydrogen (secondary N) is 1. The van der Waals surface area contributed by atoms with Gasteiger partial charge in [0.05, 0.1) is 23.6 Å². The van der Waals surface area contributed by atoms with Gasteiger partial charge in [0.25, 0.3) is 5.56 Å². The number of benzene rings is 1. The van der Waals surface area contributed by atoms with E-state index >= 15 is 0 Å². The topological polar surface area (TPSA) is 87.8 Å². The number of hydrogen-bond acceptors (Lipinski definition) is 6. The molecular formula is C25H28N4O2S2. The maximum atomic E-state index is 13.6. The van der Waals surface area contributed by atoms with Crippen molar-refractivity contribution in [2.24, 2.45) is 0 Å². The van der Waals surface area contributed by atoms with Crippen LogP contribution in [0.15, 0.2) is 34.2 Å². The number of hydrogen-bond donors (Lipinski definition) is 1. The molecule has 1 atom stereocenters. The molecule has 0 fully saturated rings. The Labute approximate surface area is 202 Å². The summed E-state index contributed by atoms with van der Waals surface area (Å²) in [5, 5.41) is 13.1. The van der Waals surface area contributed by atoms with Crippen LogP contribution < -0.4 is 10.9 Å². The fourth-order valence-electron chi connectivity index (χ4n) is 4.17. The monoisotopic (exact) mass is 480 g/mol. The SMILES string of the molecule is CCC(C)n1c(SCC(=O)Nc2ccc(CC#N)cc2)nc2sc3c(c2c1=O)CCCCC3. The minimum absolute atomic E-state index is 0.00830. The maximum absolute atomic E-state index is 13.6. The van der Waals surface area contributed by atoms with Crippen molar-refractivity contribution < 1.29 is 4.79 Å². The smallest absolute Gasteiger partial charge is 0.263 e. The molecule has 1 aliphatic rings. The van der Waals surface area contributed by atoms with Gasteiger partial charge in [-0.15, -0.1) is 11.3 Å². The van der Waals surface area contributed by atoms with Gasteiger partial charge in [-0.2, -0.15) is 5.26 Å². The van der Waals surface area contributed by atoms with Gasteiger partial charge in [-0.25, -0.2) is 4.98 Å².